The average Bonchev–Trinajstić information content (AvgIpc) is 2.81. The molecule has 0 spiro atoms. The summed E-state index contributed by atoms with van der Waals surface area (Å²) in [5.41, 5.74) is 0.932. The van der Waals surface area contributed by atoms with E-state index in [0.717, 1.165) is 10.0 Å². The van der Waals surface area contributed by atoms with Crippen LogP contribution in [0.4, 0.5) is 4.79 Å². The monoisotopic (exact) mass is 385 g/mol. The van der Waals surface area contributed by atoms with E-state index < -0.39 is 10.8 Å². The zero-order valence-corrected chi connectivity index (χ0v) is 15.4. The van der Waals surface area contributed by atoms with E-state index in [9.17, 15) is 9.59 Å². The number of amides is 2. The molecule has 1 saturated heterocycles. The molecule has 0 saturated carbocycles. The molecule has 1 aromatic carbocycles. The lowest BCUT2D eigenvalue weighted by atomic mass is 9.95. The van der Waals surface area contributed by atoms with E-state index in [-0.39, 0.29) is 30.9 Å². The van der Waals surface area contributed by atoms with Gasteiger partial charge in [-0.3, -0.25) is 4.79 Å². The van der Waals surface area contributed by atoms with Gasteiger partial charge in [0.05, 0.1) is 6.04 Å². The van der Waals surface area contributed by atoms with Crippen molar-refractivity contribution in [3.05, 3.63) is 34.3 Å². The lowest BCUT2D eigenvalue weighted by molar-refractivity contribution is -0.130. The lowest BCUT2D eigenvalue weighted by Crippen LogP contribution is -2.43. The summed E-state index contributed by atoms with van der Waals surface area (Å²) in [6.07, 6.45) is -0.417. The molecule has 1 aliphatic heterocycles. The summed E-state index contributed by atoms with van der Waals surface area (Å²) in [7, 11) is 0. The van der Waals surface area contributed by atoms with Crippen LogP contribution in [0, 0.1) is 5.92 Å². The Labute approximate surface area is 144 Å². The van der Waals surface area contributed by atoms with Gasteiger partial charge in [-0.1, -0.05) is 41.9 Å². The predicted octanol–water partition coefficient (Wildman–Crippen LogP) is 3.99. The van der Waals surface area contributed by atoms with E-state index in [1.54, 1.807) is 0 Å². The number of hydrogen-bond acceptors (Lipinski definition) is 4. The van der Waals surface area contributed by atoms with Crippen molar-refractivity contribution in [2.75, 3.05) is 6.61 Å². The number of rotatable bonds is 4. The normalized spacial score (nSPS) is 20.9. The summed E-state index contributed by atoms with van der Waals surface area (Å²) in [5, 5.41) is 0. The Morgan fingerprint density at radius 3 is 2.59 bits per heavy atom. The maximum Gasteiger partial charge on any atom is 0.416 e. The minimum Gasteiger partial charge on any atom is -0.447 e. The molecule has 2 rings (SSSR count). The molecule has 2 amide bonds. The number of carbonyl (C=O) groups is 2. The number of halogens is 1. The van der Waals surface area contributed by atoms with E-state index in [2.05, 4.69) is 28.6 Å². The van der Waals surface area contributed by atoms with E-state index in [4.69, 9.17) is 4.74 Å². The van der Waals surface area contributed by atoms with Crippen molar-refractivity contribution in [3.8, 4) is 0 Å². The molecule has 0 unspecified atom stereocenters. The third kappa shape index (κ3) is 3.66. The highest BCUT2D eigenvalue weighted by molar-refractivity contribution is 9.10. The van der Waals surface area contributed by atoms with Crippen LogP contribution in [-0.2, 0) is 14.3 Å². The number of cyclic esters (lactones) is 1. The van der Waals surface area contributed by atoms with Crippen LogP contribution in [0.25, 0.3) is 0 Å². The summed E-state index contributed by atoms with van der Waals surface area (Å²) in [5.74, 6) is -0.0872. The zero-order chi connectivity index (χ0) is 16.5. The van der Waals surface area contributed by atoms with Crippen molar-refractivity contribution >= 4 is 40.6 Å². The Morgan fingerprint density at radius 2 is 2.05 bits per heavy atom. The van der Waals surface area contributed by atoms with Gasteiger partial charge in [0.1, 0.15) is 6.61 Å². The number of ether oxygens (including phenoxy) is 1. The SMILES string of the molecule is CC(C)[C@H]1COC(=O)N1C(=O)C[C@](C)(S)c1ccc(Br)cc1. The van der Waals surface area contributed by atoms with Gasteiger partial charge >= 0.3 is 6.09 Å². The van der Waals surface area contributed by atoms with Gasteiger partial charge in [0.2, 0.25) is 5.91 Å². The topological polar surface area (TPSA) is 46.6 Å². The van der Waals surface area contributed by atoms with Gasteiger partial charge in [-0.15, -0.1) is 0 Å². The Morgan fingerprint density at radius 1 is 1.45 bits per heavy atom. The molecule has 0 bridgehead atoms. The van der Waals surface area contributed by atoms with E-state index >= 15 is 0 Å². The molecule has 2 atom stereocenters. The third-order valence-electron chi connectivity index (χ3n) is 3.91. The molecule has 0 radical (unpaired) electrons. The summed E-state index contributed by atoms with van der Waals surface area (Å²) in [6, 6.07) is 7.47. The Hall–Kier alpha value is -1.01. The number of thiol groups is 1. The molecule has 6 heteroatoms. The molecule has 0 aliphatic carbocycles. The highest BCUT2D eigenvalue weighted by atomic mass is 79.9. The number of imide groups is 1. The Bertz CT molecular complexity index is 571. The van der Waals surface area contributed by atoms with E-state index in [0.29, 0.717) is 0 Å². The van der Waals surface area contributed by atoms with Crippen LogP contribution in [0.5, 0.6) is 0 Å². The average molecular weight is 386 g/mol. The smallest absolute Gasteiger partial charge is 0.416 e. The number of carbonyl (C=O) groups excluding carboxylic acids is 2. The van der Waals surface area contributed by atoms with E-state index in [1.807, 2.05) is 45.0 Å². The fraction of sp³-hybridized carbons (Fsp3) is 0.500. The standard InChI is InChI=1S/C16H20BrNO3S/c1-10(2)13-9-21-15(20)18(13)14(19)8-16(3,22)11-4-6-12(17)7-5-11/h4-7,10,13,22H,8-9H2,1-3H3/t13-,16+/m1/s1. The summed E-state index contributed by atoms with van der Waals surface area (Å²) >= 11 is 8.03. The molecule has 1 aromatic rings. The number of nitrogens with zero attached hydrogens (tertiary/aromatic N) is 1. The largest absolute Gasteiger partial charge is 0.447 e. The molecule has 0 aromatic heterocycles. The first-order valence-corrected chi connectivity index (χ1v) is 8.43. The van der Waals surface area contributed by atoms with Gasteiger partial charge in [-0.2, -0.15) is 12.6 Å². The second kappa shape index (κ2) is 6.62. The summed E-state index contributed by atoms with van der Waals surface area (Å²) in [4.78, 5) is 25.7. The van der Waals surface area contributed by atoms with Crippen molar-refractivity contribution in [3.63, 3.8) is 0 Å². The van der Waals surface area contributed by atoms with Gasteiger partial charge in [0.15, 0.2) is 0 Å². The van der Waals surface area contributed by atoms with E-state index in [1.165, 1.54) is 4.90 Å². The third-order valence-corrected chi connectivity index (χ3v) is 4.85. The first-order chi connectivity index (χ1) is 10.2. The molecule has 1 aliphatic rings. The lowest BCUT2D eigenvalue weighted by Gasteiger charge is -2.28. The molecular formula is C16H20BrNO3S. The molecule has 0 N–H and O–H groups in total. The second-order valence-corrected chi connectivity index (χ2v) is 8.01. The second-order valence-electron chi connectivity index (χ2n) is 6.11. The fourth-order valence-corrected chi connectivity index (χ4v) is 3.05. The van der Waals surface area contributed by atoms with Crippen LogP contribution >= 0.6 is 28.6 Å². The first kappa shape index (κ1) is 17.3. The van der Waals surface area contributed by atoms with Crippen molar-refractivity contribution in [1.82, 2.24) is 4.90 Å². The van der Waals surface area contributed by atoms with Crippen LogP contribution in [-0.4, -0.2) is 29.5 Å². The van der Waals surface area contributed by atoms with Gasteiger partial charge in [-0.05, 0) is 30.5 Å². The Balaban J connectivity index is 2.16. The molecule has 1 heterocycles. The Kier molecular flexibility index (Phi) is 5.22. The maximum atomic E-state index is 12.6. The van der Waals surface area contributed by atoms with Crippen LogP contribution < -0.4 is 0 Å². The van der Waals surface area contributed by atoms with Gasteiger partial charge in [0.25, 0.3) is 0 Å². The quantitative estimate of drug-likeness (QED) is 0.797. The van der Waals surface area contributed by atoms with Gasteiger partial charge in [0, 0.05) is 15.6 Å². The summed E-state index contributed by atoms with van der Waals surface area (Å²) < 4.78 is 5.35. The van der Waals surface area contributed by atoms with Crippen LogP contribution in [0.2, 0.25) is 0 Å². The molecular weight excluding hydrogens is 366 g/mol. The summed E-state index contributed by atoms with van der Waals surface area (Å²) in [6.45, 7) is 6.09. The minimum absolute atomic E-state index is 0.135. The minimum atomic E-state index is -0.651. The fourth-order valence-electron chi connectivity index (χ4n) is 2.50. The van der Waals surface area contributed by atoms with Crippen LogP contribution in [0.3, 0.4) is 0 Å². The predicted molar refractivity (Wildman–Crippen MR) is 91.9 cm³/mol. The highest BCUT2D eigenvalue weighted by Crippen LogP contribution is 2.34. The zero-order valence-electron chi connectivity index (χ0n) is 12.9. The maximum absolute atomic E-state index is 12.6. The van der Waals surface area contributed by atoms with Gasteiger partial charge in [-0.25, -0.2) is 9.69 Å². The molecule has 4 nitrogen and oxygen atoms in total. The molecule has 22 heavy (non-hydrogen) atoms. The van der Waals surface area contributed by atoms with Crippen molar-refractivity contribution in [1.29, 1.82) is 0 Å². The van der Waals surface area contributed by atoms with Crippen LogP contribution in [0.15, 0.2) is 28.7 Å². The van der Waals surface area contributed by atoms with Crippen LogP contribution in [0.1, 0.15) is 32.8 Å². The number of benzene rings is 1. The molecule has 1 fully saturated rings. The van der Waals surface area contributed by atoms with Gasteiger partial charge < -0.3 is 4.74 Å². The number of hydrogen-bond donors (Lipinski definition) is 1. The van der Waals surface area contributed by atoms with Crippen molar-refractivity contribution in [2.24, 2.45) is 5.92 Å². The van der Waals surface area contributed by atoms with Crippen molar-refractivity contribution in [2.45, 2.75) is 38.0 Å². The highest BCUT2D eigenvalue weighted by Gasteiger charge is 2.41. The first-order valence-electron chi connectivity index (χ1n) is 7.19. The molecule has 120 valence electrons. The van der Waals surface area contributed by atoms with Crippen molar-refractivity contribution < 1.29 is 14.3 Å².